The first-order valence-electron chi connectivity index (χ1n) is 5.89. The summed E-state index contributed by atoms with van der Waals surface area (Å²) >= 11 is 13.6. The van der Waals surface area contributed by atoms with E-state index in [9.17, 15) is 4.79 Å². The number of rotatable bonds is 2. The van der Waals surface area contributed by atoms with Crippen LogP contribution in [-0.2, 0) is 0 Å². The summed E-state index contributed by atoms with van der Waals surface area (Å²) in [6, 6.07) is 6.68. The van der Waals surface area contributed by atoms with Crippen molar-refractivity contribution >= 4 is 46.1 Å². The Morgan fingerprint density at radius 2 is 1.95 bits per heavy atom. The summed E-state index contributed by atoms with van der Waals surface area (Å²) in [6.45, 7) is 0. The van der Waals surface area contributed by atoms with Crippen LogP contribution in [0.3, 0.4) is 0 Å². The molecule has 0 amide bonds. The van der Waals surface area contributed by atoms with E-state index in [1.54, 1.807) is 30.5 Å². The van der Waals surface area contributed by atoms with Crippen molar-refractivity contribution in [1.82, 2.24) is 9.97 Å². The molecule has 0 radical (unpaired) electrons. The normalized spacial score (nSPS) is 11.0. The van der Waals surface area contributed by atoms with Gasteiger partial charge in [0.2, 0.25) is 5.71 Å². The Morgan fingerprint density at radius 1 is 1.24 bits per heavy atom. The maximum Gasteiger partial charge on any atom is 0.345 e. The number of benzene rings is 1. The predicted octanol–water partition coefficient (Wildman–Crippen LogP) is 4.28. The molecule has 0 aliphatic rings. The lowest BCUT2D eigenvalue weighted by Gasteiger charge is -2.06. The fraction of sp³-hybridized carbons (Fsp3) is 0.0714. The van der Waals surface area contributed by atoms with Crippen LogP contribution in [-0.4, -0.2) is 16.2 Å². The molecule has 0 fully saturated rings. The Bertz CT molecular complexity index is 876. The van der Waals surface area contributed by atoms with Gasteiger partial charge in [0.25, 0.3) is 0 Å². The molecular weight excluding hydrogens is 331 g/mol. The second-order valence-corrected chi connectivity index (χ2v) is 5.75. The molecule has 1 aromatic carbocycles. The van der Waals surface area contributed by atoms with Gasteiger partial charge in [0.1, 0.15) is 0 Å². The third kappa shape index (κ3) is 2.64. The van der Waals surface area contributed by atoms with Gasteiger partial charge in [-0.1, -0.05) is 41.0 Å². The van der Waals surface area contributed by atoms with Crippen LogP contribution in [0.25, 0.3) is 22.2 Å². The van der Waals surface area contributed by atoms with Crippen molar-refractivity contribution in [3.63, 3.8) is 0 Å². The summed E-state index contributed by atoms with van der Waals surface area (Å²) < 4.78 is 5.26. The fourth-order valence-electron chi connectivity index (χ4n) is 1.93. The average Bonchev–Trinajstić information content (AvgIpc) is 2.47. The topological polar surface area (TPSA) is 56.0 Å². The van der Waals surface area contributed by atoms with Crippen LogP contribution < -0.4 is 5.63 Å². The minimum atomic E-state index is -0.539. The lowest BCUT2D eigenvalue weighted by Crippen LogP contribution is -2.04. The predicted molar refractivity (Wildman–Crippen MR) is 85.3 cm³/mol. The van der Waals surface area contributed by atoms with Crippen molar-refractivity contribution in [2.45, 2.75) is 5.16 Å². The van der Waals surface area contributed by atoms with Gasteiger partial charge < -0.3 is 4.42 Å². The highest BCUT2D eigenvalue weighted by Gasteiger charge is 2.15. The Balaban J connectivity index is 2.29. The first-order valence-corrected chi connectivity index (χ1v) is 7.87. The van der Waals surface area contributed by atoms with Gasteiger partial charge in [0, 0.05) is 11.8 Å². The molecular formula is C14H8Cl2N2O2S. The molecule has 0 N–H and O–H groups in total. The number of fused-ring (bicyclic) bond motifs is 1. The molecule has 2 aromatic heterocycles. The van der Waals surface area contributed by atoms with Gasteiger partial charge in [-0.25, -0.2) is 9.78 Å². The fourth-order valence-corrected chi connectivity index (χ4v) is 2.86. The summed E-state index contributed by atoms with van der Waals surface area (Å²) in [5.74, 6) is 0. The average molecular weight is 339 g/mol. The van der Waals surface area contributed by atoms with E-state index in [4.69, 9.17) is 27.6 Å². The largest absolute Gasteiger partial charge is 0.403 e. The van der Waals surface area contributed by atoms with E-state index in [0.29, 0.717) is 31.7 Å². The molecule has 4 nitrogen and oxygen atoms in total. The van der Waals surface area contributed by atoms with Gasteiger partial charge in [-0.15, -0.1) is 0 Å². The molecule has 0 saturated heterocycles. The zero-order valence-electron chi connectivity index (χ0n) is 10.8. The van der Waals surface area contributed by atoms with Gasteiger partial charge in [-0.05, 0) is 24.5 Å². The van der Waals surface area contributed by atoms with Crippen LogP contribution in [0.4, 0.5) is 0 Å². The lowest BCUT2D eigenvalue weighted by molar-refractivity contribution is 0.546. The zero-order valence-corrected chi connectivity index (χ0v) is 13.1. The minimum absolute atomic E-state index is 0.242. The van der Waals surface area contributed by atoms with E-state index >= 15 is 0 Å². The molecule has 7 heteroatoms. The molecule has 0 aliphatic carbocycles. The first-order chi connectivity index (χ1) is 10.1. The van der Waals surface area contributed by atoms with E-state index in [-0.39, 0.29) is 5.71 Å². The highest BCUT2D eigenvalue weighted by molar-refractivity contribution is 7.98. The molecule has 0 atom stereocenters. The molecule has 0 saturated carbocycles. The third-order valence-electron chi connectivity index (χ3n) is 2.88. The van der Waals surface area contributed by atoms with Gasteiger partial charge in [0.15, 0.2) is 5.16 Å². The molecule has 0 aliphatic heterocycles. The van der Waals surface area contributed by atoms with Crippen molar-refractivity contribution in [3.8, 4) is 11.1 Å². The van der Waals surface area contributed by atoms with Crippen LogP contribution in [0.15, 0.2) is 44.8 Å². The van der Waals surface area contributed by atoms with Gasteiger partial charge in [-0.2, -0.15) is 4.98 Å². The maximum atomic E-state index is 12.2. The summed E-state index contributed by atoms with van der Waals surface area (Å²) in [4.78, 5) is 20.5. The van der Waals surface area contributed by atoms with Crippen molar-refractivity contribution < 1.29 is 4.42 Å². The Labute approximate surface area is 134 Å². The van der Waals surface area contributed by atoms with E-state index in [1.165, 1.54) is 11.8 Å². The van der Waals surface area contributed by atoms with Crippen LogP contribution >= 0.6 is 35.0 Å². The van der Waals surface area contributed by atoms with E-state index in [1.807, 2.05) is 6.26 Å². The second kappa shape index (κ2) is 5.67. The smallest absolute Gasteiger partial charge is 0.345 e. The molecule has 0 spiro atoms. The van der Waals surface area contributed by atoms with Crippen LogP contribution in [0.2, 0.25) is 10.0 Å². The summed E-state index contributed by atoms with van der Waals surface area (Å²) in [5.41, 5.74) is 0.443. The number of nitrogens with zero attached hydrogens (tertiary/aromatic N) is 2. The minimum Gasteiger partial charge on any atom is -0.403 e. The van der Waals surface area contributed by atoms with Crippen molar-refractivity contribution in [3.05, 3.63) is 50.9 Å². The summed E-state index contributed by atoms with van der Waals surface area (Å²) in [6.07, 6.45) is 3.45. The zero-order chi connectivity index (χ0) is 15.0. The molecule has 0 unspecified atom stereocenters. The quantitative estimate of drug-likeness (QED) is 0.515. The van der Waals surface area contributed by atoms with Gasteiger partial charge in [0.05, 0.1) is 21.0 Å². The maximum absolute atomic E-state index is 12.2. The van der Waals surface area contributed by atoms with Crippen LogP contribution in [0.5, 0.6) is 0 Å². The van der Waals surface area contributed by atoms with E-state index in [2.05, 4.69) is 9.97 Å². The second-order valence-electron chi connectivity index (χ2n) is 4.16. The Morgan fingerprint density at radius 3 is 2.62 bits per heavy atom. The van der Waals surface area contributed by atoms with Crippen molar-refractivity contribution in [2.75, 3.05) is 6.26 Å². The summed E-state index contributed by atoms with van der Waals surface area (Å²) in [5, 5.41) is 1.92. The molecule has 0 bridgehead atoms. The Hall–Kier alpha value is -1.56. The van der Waals surface area contributed by atoms with Crippen LogP contribution in [0, 0.1) is 0 Å². The molecule has 106 valence electrons. The number of hydrogen-bond acceptors (Lipinski definition) is 5. The third-order valence-corrected chi connectivity index (χ3v) is 4.07. The van der Waals surface area contributed by atoms with E-state index in [0.717, 1.165) is 0 Å². The molecule has 2 heterocycles. The van der Waals surface area contributed by atoms with Crippen molar-refractivity contribution in [2.24, 2.45) is 0 Å². The Kier molecular flexibility index (Phi) is 3.89. The first kappa shape index (κ1) is 14.4. The number of thioether (sulfide) groups is 1. The van der Waals surface area contributed by atoms with Gasteiger partial charge >= 0.3 is 5.63 Å². The van der Waals surface area contributed by atoms with Crippen molar-refractivity contribution in [1.29, 1.82) is 0 Å². The summed E-state index contributed by atoms with van der Waals surface area (Å²) in [7, 11) is 0. The molecule has 3 aromatic rings. The SMILES string of the molecule is CSc1ncc2cc(-c3c(Cl)cccc3Cl)c(=O)oc2n1. The number of hydrogen-bond donors (Lipinski definition) is 0. The van der Waals surface area contributed by atoms with Crippen LogP contribution in [0.1, 0.15) is 0 Å². The lowest BCUT2D eigenvalue weighted by atomic mass is 10.1. The number of aromatic nitrogens is 2. The monoisotopic (exact) mass is 338 g/mol. The molecule has 3 rings (SSSR count). The number of halogens is 2. The van der Waals surface area contributed by atoms with E-state index < -0.39 is 5.63 Å². The van der Waals surface area contributed by atoms with Gasteiger partial charge in [-0.3, -0.25) is 0 Å². The standard InChI is InChI=1S/C14H8Cl2N2O2S/c1-21-14-17-6-7-5-8(13(19)20-12(7)18-14)11-9(15)3-2-4-10(11)16/h2-6H,1H3. The molecule has 21 heavy (non-hydrogen) atoms. The highest BCUT2D eigenvalue weighted by atomic mass is 35.5. The highest BCUT2D eigenvalue weighted by Crippen LogP contribution is 2.33.